The van der Waals surface area contributed by atoms with Crippen LogP contribution in [0.4, 0.5) is 10.3 Å². The minimum atomic E-state index is -1.04. The van der Waals surface area contributed by atoms with E-state index in [4.69, 9.17) is 5.73 Å². The molecule has 0 unspecified atom stereocenters. The summed E-state index contributed by atoms with van der Waals surface area (Å²) < 4.78 is 15.3. The Bertz CT molecular complexity index is 1170. The van der Waals surface area contributed by atoms with E-state index in [1.54, 1.807) is 36.9 Å². The van der Waals surface area contributed by atoms with E-state index in [2.05, 4.69) is 25.3 Å². The summed E-state index contributed by atoms with van der Waals surface area (Å²) >= 11 is 0. The van der Waals surface area contributed by atoms with Crippen molar-refractivity contribution in [3.63, 3.8) is 0 Å². The van der Waals surface area contributed by atoms with Crippen LogP contribution in [0.2, 0.25) is 0 Å². The second-order valence-corrected chi connectivity index (χ2v) is 6.97. The molecular formula is C19H18FN7O. The van der Waals surface area contributed by atoms with Crippen LogP contribution in [0, 0.1) is 5.82 Å². The third-order valence-electron chi connectivity index (χ3n) is 4.21. The number of anilines is 1. The fourth-order valence-corrected chi connectivity index (χ4v) is 2.87. The smallest absolute Gasteiger partial charge is 0.221 e. The molecule has 0 radical (unpaired) electrons. The van der Waals surface area contributed by atoms with E-state index >= 15 is 0 Å². The maximum absolute atomic E-state index is 13.7. The molecule has 0 aliphatic rings. The van der Waals surface area contributed by atoms with Crippen LogP contribution in [-0.4, -0.2) is 35.1 Å². The van der Waals surface area contributed by atoms with Gasteiger partial charge in [-0.05, 0) is 44.2 Å². The van der Waals surface area contributed by atoms with Crippen molar-refractivity contribution in [2.75, 3.05) is 5.73 Å². The Labute approximate surface area is 159 Å². The molecule has 3 heterocycles. The van der Waals surface area contributed by atoms with Crippen molar-refractivity contribution in [3.8, 4) is 11.4 Å². The van der Waals surface area contributed by atoms with Crippen molar-refractivity contribution in [1.29, 1.82) is 0 Å². The summed E-state index contributed by atoms with van der Waals surface area (Å²) in [6.07, 6.45) is 1.69. The zero-order valence-electron chi connectivity index (χ0n) is 15.3. The Hall–Kier alpha value is -3.46. The summed E-state index contributed by atoms with van der Waals surface area (Å²) in [5.41, 5.74) is 7.41. The van der Waals surface area contributed by atoms with E-state index in [-0.39, 0.29) is 5.95 Å². The molecule has 8 nitrogen and oxygen atoms in total. The number of rotatable bonds is 4. The summed E-state index contributed by atoms with van der Waals surface area (Å²) in [5.74, 6) is -0.328. The van der Waals surface area contributed by atoms with Gasteiger partial charge < -0.3 is 10.8 Å². The summed E-state index contributed by atoms with van der Waals surface area (Å²) in [4.78, 5) is 12.8. The Morgan fingerprint density at radius 2 is 1.96 bits per heavy atom. The number of benzene rings is 1. The fourth-order valence-electron chi connectivity index (χ4n) is 2.87. The fraction of sp³-hybridized carbons (Fsp3) is 0.211. The molecule has 142 valence electrons. The Morgan fingerprint density at radius 1 is 1.14 bits per heavy atom. The quantitative estimate of drug-likeness (QED) is 0.559. The lowest BCUT2D eigenvalue weighted by atomic mass is 10.0. The number of aliphatic hydroxyl groups is 1. The van der Waals surface area contributed by atoms with Gasteiger partial charge >= 0.3 is 0 Å². The molecule has 1 aromatic carbocycles. The van der Waals surface area contributed by atoms with Gasteiger partial charge in [-0.3, -0.25) is 4.98 Å². The first kappa shape index (κ1) is 17.9. The van der Waals surface area contributed by atoms with Gasteiger partial charge in [0.1, 0.15) is 22.8 Å². The molecule has 3 aromatic heterocycles. The zero-order valence-corrected chi connectivity index (χ0v) is 15.3. The average Bonchev–Trinajstić information content (AvgIpc) is 3.09. The molecule has 3 N–H and O–H groups in total. The first-order valence-electron chi connectivity index (χ1n) is 8.62. The van der Waals surface area contributed by atoms with Crippen LogP contribution in [0.25, 0.3) is 22.3 Å². The van der Waals surface area contributed by atoms with Gasteiger partial charge in [-0.2, -0.15) is 0 Å². The molecule has 28 heavy (non-hydrogen) atoms. The van der Waals surface area contributed by atoms with Gasteiger partial charge in [0.25, 0.3) is 0 Å². The Balaban J connectivity index is 1.69. The van der Waals surface area contributed by atoms with Gasteiger partial charge in [-0.25, -0.2) is 19.0 Å². The third-order valence-corrected chi connectivity index (χ3v) is 4.21. The molecule has 0 spiro atoms. The molecule has 0 aliphatic heterocycles. The number of halogens is 1. The summed E-state index contributed by atoms with van der Waals surface area (Å²) in [5, 5.41) is 18.9. The standard InChI is InChI=1S/C19H18FN7O/c1-19(2,28)16-5-3-4-12(22-16)9-27-10-15(25-26-27)17-13-8-11(20)6-7-14(13)23-18(21)24-17/h3-8,10,28H,9H2,1-2H3,(H2,21,23,24). The molecule has 0 atom stereocenters. The van der Waals surface area contributed by atoms with Gasteiger partial charge in [-0.1, -0.05) is 11.3 Å². The predicted octanol–water partition coefficient (Wildman–Crippen LogP) is 2.28. The lowest BCUT2D eigenvalue weighted by Gasteiger charge is -2.17. The van der Waals surface area contributed by atoms with Crippen LogP contribution >= 0.6 is 0 Å². The minimum absolute atomic E-state index is 0.0724. The zero-order chi connectivity index (χ0) is 19.9. The lowest BCUT2D eigenvalue weighted by molar-refractivity contribution is 0.0736. The predicted molar refractivity (Wildman–Crippen MR) is 102 cm³/mol. The molecule has 4 aromatic rings. The van der Waals surface area contributed by atoms with E-state index in [0.29, 0.717) is 40.2 Å². The number of hydrogen-bond donors (Lipinski definition) is 2. The topological polar surface area (TPSA) is 116 Å². The molecule has 0 saturated carbocycles. The Kier molecular flexibility index (Phi) is 4.23. The van der Waals surface area contributed by atoms with Crippen LogP contribution in [0.15, 0.2) is 42.6 Å². The van der Waals surface area contributed by atoms with E-state index < -0.39 is 11.4 Å². The third kappa shape index (κ3) is 3.52. The largest absolute Gasteiger partial charge is 0.384 e. The van der Waals surface area contributed by atoms with Crippen LogP contribution in [0.1, 0.15) is 25.2 Å². The molecule has 0 aliphatic carbocycles. The number of fused-ring (bicyclic) bond motifs is 1. The normalized spacial score (nSPS) is 11.9. The van der Waals surface area contributed by atoms with Gasteiger partial charge in [0.2, 0.25) is 5.95 Å². The van der Waals surface area contributed by atoms with E-state index in [9.17, 15) is 9.50 Å². The second kappa shape index (κ2) is 6.61. The SMILES string of the molecule is CC(C)(O)c1cccc(Cn2cc(-c3nc(N)nc4ccc(F)cc34)nn2)n1. The number of nitrogens with two attached hydrogens (primary N) is 1. The number of pyridine rings is 1. The van der Waals surface area contributed by atoms with Crippen LogP contribution in [-0.2, 0) is 12.1 Å². The van der Waals surface area contributed by atoms with Crippen molar-refractivity contribution in [2.45, 2.75) is 26.0 Å². The van der Waals surface area contributed by atoms with Gasteiger partial charge in [-0.15, -0.1) is 5.10 Å². The lowest BCUT2D eigenvalue weighted by Crippen LogP contribution is -2.18. The van der Waals surface area contributed by atoms with Crippen LogP contribution < -0.4 is 5.73 Å². The molecule has 0 saturated heterocycles. The second-order valence-electron chi connectivity index (χ2n) is 6.97. The van der Waals surface area contributed by atoms with Gasteiger partial charge in [0.05, 0.1) is 29.6 Å². The first-order valence-corrected chi connectivity index (χ1v) is 8.62. The maximum atomic E-state index is 13.7. The van der Waals surface area contributed by atoms with Gasteiger partial charge in [0.15, 0.2) is 0 Å². The Morgan fingerprint density at radius 3 is 2.75 bits per heavy atom. The molecule has 0 bridgehead atoms. The van der Waals surface area contributed by atoms with E-state index in [0.717, 1.165) is 0 Å². The minimum Gasteiger partial charge on any atom is -0.384 e. The van der Waals surface area contributed by atoms with Crippen LogP contribution in [0.3, 0.4) is 0 Å². The van der Waals surface area contributed by atoms with E-state index in [1.165, 1.54) is 12.1 Å². The van der Waals surface area contributed by atoms with Crippen molar-refractivity contribution >= 4 is 16.9 Å². The molecule has 0 fully saturated rings. The number of aromatic nitrogens is 6. The highest BCUT2D eigenvalue weighted by Crippen LogP contribution is 2.26. The number of nitrogens with zero attached hydrogens (tertiary/aromatic N) is 6. The highest BCUT2D eigenvalue weighted by atomic mass is 19.1. The number of hydrogen-bond acceptors (Lipinski definition) is 7. The monoisotopic (exact) mass is 379 g/mol. The highest BCUT2D eigenvalue weighted by molar-refractivity contribution is 5.91. The molecule has 0 amide bonds. The number of nitrogen functional groups attached to an aromatic ring is 1. The van der Waals surface area contributed by atoms with Crippen molar-refractivity contribution < 1.29 is 9.50 Å². The van der Waals surface area contributed by atoms with E-state index in [1.807, 2.05) is 12.1 Å². The van der Waals surface area contributed by atoms with Crippen molar-refractivity contribution in [2.24, 2.45) is 0 Å². The molecule has 4 rings (SSSR count). The summed E-state index contributed by atoms with van der Waals surface area (Å²) in [7, 11) is 0. The van der Waals surface area contributed by atoms with Crippen molar-refractivity contribution in [3.05, 3.63) is 59.8 Å². The van der Waals surface area contributed by atoms with Gasteiger partial charge in [0, 0.05) is 5.39 Å². The summed E-state index contributed by atoms with van der Waals surface area (Å²) in [6, 6.07) is 9.64. The average molecular weight is 379 g/mol. The molecule has 9 heteroatoms. The molecular weight excluding hydrogens is 361 g/mol. The maximum Gasteiger partial charge on any atom is 0.221 e. The summed E-state index contributed by atoms with van der Waals surface area (Å²) in [6.45, 7) is 3.71. The van der Waals surface area contributed by atoms with Crippen molar-refractivity contribution in [1.82, 2.24) is 29.9 Å². The first-order chi connectivity index (χ1) is 13.3. The van der Waals surface area contributed by atoms with Crippen LogP contribution in [0.5, 0.6) is 0 Å². The highest BCUT2D eigenvalue weighted by Gasteiger charge is 2.18.